The van der Waals surface area contributed by atoms with Gasteiger partial charge in [-0.2, -0.15) is 0 Å². The predicted octanol–water partition coefficient (Wildman–Crippen LogP) is 2.06. The Hall–Kier alpha value is -1.35. The molecule has 3 nitrogen and oxygen atoms in total. The monoisotopic (exact) mass is 244 g/mol. The van der Waals surface area contributed by atoms with E-state index in [4.69, 9.17) is 0 Å². The number of nitrogens with one attached hydrogen (secondary N) is 1. The van der Waals surface area contributed by atoms with Crippen LogP contribution in [0.4, 0.5) is 5.69 Å². The van der Waals surface area contributed by atoms with E-state index in [-0.39, 0.29) is 11.3 Å². The van der Waals surface area contributed by atoms with Crippen molar-refractivity contribution < 1.29 is 4.79 Å². The number of anilines is 1. The lowest BCUT2D eigenvalue weighted by Crippen LogP contribution is -2.40. The molecule has 1 aromatic rings. The third-order valence-corrected chi connectivity index (χ3v) is 3.99. The summed E-state index contributed by atoms with van der Waals surface area (Å²) in [6.45, 7) is 5.70. The van der Waals surface area contributed by atoms with Gasteiger partial charge in [0.05, 0.1) is 5.41 Å². The van der Waals surface area contributed by atoms with E-state index in [0.29, 0.717) is 6.04 Å². The summed E-state index contributed by atoms with van der Waals surface area (Å²) in [5.74, 6) is 0.223. The summed E-state index contributed by atoms with van der Waals surface area (Å²) >= 11 is 0. The predicted molar refractivity (Wildman–Crippen MR) is 72.8 cm³/mol. The van der Waals surface area contributed by atoms with Gasteiger partial charge in [-0.15, -0.1) is 0 Å². The zero-order valence-corrected chi connectivity index (χ0v) is 11.1. The van der Waals surface area contributed by atoms with Gasteiger partial charge in [0.15, 0.2) is 0 Å². The Labute approximate surface area is 108 Å². The summed E-state index contributed by atoms with van der Waals surface area (Å²) in [7, 11) is 0. The molecule has 1 amide bonds. The molecule has 1 aliphatic carbocycles. The number of carbonyl (C=O) groups is 1. The molecule has 1 heterocycles. The average molecular weight is 244 g/mol. The highest BCUT2D eigenvalue weighted by Crippen LogP contribution is 2.40. The highest BCUT2D eigenvalue weighted by Gasteiger charge is 2.43. The van der Waals surface area contributed by atoms with Gasteiger partial charge in [-0.1, -0.05) is 18.2 Å². The van der Waals surface area contributed by atoms with Crippen LogP contribution in [0.1, 0.15) is 32.3 Å². The maximum Gasteiger partial charge on any atom is 0.237 e. The van der Waals surface area contributed by atoms with Crippen LogP contribution in [-0.4, -0.2) is 25.0 Å². The molecule has 1 aromatic carbocycles. The number of amides is 1. The Kier molecular flexibility index (Phi) is 2.67. The molecule has 0 unspecified atom stereocenters. The van der Waals surface area contributed by atoms with E-state index in [0.717, 1.165) is 24.3 Å². The fourth-order valence-electron chi connectivity index (χ4n) is 2.69. The van der Waals surface area contributed by atoms with Crippen LogP contribution >= 0.6 is 0 Å². The summed E-state index contributed by atoms with van der Waals surface area (Å²) in [4.78, 5) is 14.4. The van der Waals surface area contributed by atoms with Crippen LogP contribution in [0.5, 0.6) is 0 Å². The normalized spacial score (nSPS) is 21.2. The topological polar surface area (TPSA) is 32.3 Å². The van der Waals surface area contributed by atoms with Gasteiger partial charge in [-0.25, -0.2) is 0 Å². The molecule has 0 bridgehead atoms. The molecule has 2 aliphatic rings. The lowest BCUT2D eigenvalue weighted by molar-refractivity contribution is -0.122. The standard InChI is InChI=1S/C15H20N2O/c1-15(2)12-5-3-4-6-13(12)17(14(15)18)10-9-16-11-7-8-11/h3-6,11,16H,7-10H2,1-2H3. The van der Waals surface area contributed by atoms with Crippen molar-refractivity contribution in [1.29, 1.82) is 0 Å². The summed E-state index contributed by atoms with van der Waals surface area (Å²) in [6, 6.07) is 8.85. The molecule has 96 valence electrons. The van der Waals surface area contributed by atoms with Gasteiger partial charge >= 0.3 is 0 Å². The molecule has 1 fully saturated rings. The van der Waals surface area contributed by atoms with Crippen LogP contribution in [0.2, 0.25) is 0 Å². The summed E-state index contributed by atoms with van der Waals surface area (Å²) in [6.07, 6.45) is 2.58. The smallest absolute Gasteiger partial charge is 0.237 e. The molecule has 0 saturated heterocycles. The lowest BCUT2D eigenvalue weighted by atomic mass is 9.86. The molecule has 0 aromatic heterocycles. The molecule has 1 N–H and O–H groups in total. The van der Waals surface area contributed by atoms with Crippen molar-refractivity contribution in [1.82, 2.24) is 5.32 Å². The first-order valence-corrected chi connectivity index (χ1v) is 6.75. The first-order chi connectivity index (χ1) is 8.60. The lowest BCUT2D eigenvalue weighted by Gasteiger charge is -2.20. The van der Waals surface area contributed by atoms with Crippen LogP contribution in [0.15, 0.2) is 24.3 Å². The van der Waals surface area contributed by atoms with Gasteiger partial charge in [0.2, 0.25) is 5.91 Å². The molecule has 0 radical (unpaired) electrons. The van der Waals surface area contributed by atoms with E-state index in [1.807, 2.05) is 30.9 Å². The Balaban J connectivity index is 1.79. The molecule has 0 spiro atoms. The van der Waals surface area contributed by atoms with Crippen LogP contribution in [0, 0.1) is 0 Å². The maximum atomic E-state index is 12.5. The van der Waals surface area contributed by atoms with Crippen LogP contribution in [-0.2, 0) is 10.2 Å². The van der Waals surface area contributed by atoms with Crippen molar-refractivity contribution in [2.75, 3.05) is 18.0 Å². The van der Waals surface area contributed by atoms with E-state index in [1.54, 1.807) is 0 Å². The van der Waals surface area contributed by atoms with Crippen LogP contribution < -0.4 is 10.2 Å². The van der Waals surface area contributed by atoms with Crippen molar-refractivity contribution in [2.45, 2.75) is 38.1 Å². The number of nitrogens with zero attached hydrogens (tertiary/aromatic N) is 1. The zero-order valence-electron chi connectivity index (χ0n) is 11.1. The number of para-hydroxylation sites is 1. The van der Waals surface area contributed by atoms with Gasteiger partial charge in [0.25, 0.3) is 0 Å². The Bertz CT molecular complexity index is 477. The van der Waals surface area contributed by atoms with E-state index in [1.165, 1.54) is 12.8 Å². The van der Waals surface area contributed by atoms with E-state index < -0.39 is 0 Å². The summed E-state index contributed by atoms with van der Waals surface area (Å²) < 4.78 is 0. The van der Waals surface area contributed by atoms with Gasteiger partial charge in [0, 0.05) is 24.8 Å². The molecule has 3 rings (SSSR count). The summed E-state index contributed by atoms with van der Waals surface area (Å²) in [5.41, 5.74) is 1.86. The number of benzene rings is 1. The first kappa shape index (κ1) is 11.7. The Morgan fingerprint density at radius 2 is 2.06 bits per heavy atom. The van der Waals surface area contributed by atoms with Gasteiger partial charge in [-0.3, -0.25) is 4.79 Å². The first-order valence-electron chi connectivity index (χ1n) is 6.75. The van der Waals surface area contributed by atoms with Crippen molar-refractivity contribution in [3.63, 3.8) is 0 Å². The molecular weight excluding hydrogens is 224 g/mol. The van der Waals surface area contributed by atoms with Crippen LogP contribution in [0.25, 0.3) is 0 Å². The highest BCUT2D eigenvalue weighted by atomic mass is 16.2. The molecule has 3 heteroatoms. The van der Waals surface area contributed by atoms with Crippen molar-refractivity contribution in [3.05, 3.63) is 29.8 Å². The van der Waals surface area contributed by atoms with Crippen molar-refractivity contribution in [3.8, 4) is 0 Å². The summed E-state index contributed by atoms with van der Waals surface area (Å²) in [5, 5.41) is 3.47. The quantitative estimate of drug-likeness (QED) is 0.879. The third kappa shape index (κ3) is 1.83. The minimum Gasteiger partial charge on any atom is -0.312 e. The Morgan fingerprint density at radius 1 is 1.33 bits per heavy atom. The number of fused-ring (bicyclic) bond motifs is 1. The molecule has 1 saturated carbocycles. The fraction of sp³-hybridized carbons (Fsp3) is 0.533. The second kappa shape index (κ2) is 4.09. The van der Waals surface area contributed by atoms with Crippen LogP contribution in [0.3, 0.4) is 0 Å². The number of carbonyl (C=O) groups excluding carboxylic acids is 1. The molecule has 18 heavy (non-hydrogen) atoms. The number of hydrogen-bond donors (Lipinski definition) is 1. The van der Waals surface area contributed by atoms with Crippen molar-refractivity contribution in [2.24, 2.45) is 0 Å². The molecule has 0 atom stereocenters. The highest BCUT2D eigenvalue weighted by molar-refractivity contribution is 6.07. The number of rotatable bonds is 4. The van der Waals surface area contributed by atoms with E-state index in [2.05, 4.69) is 17.4 Å². The second-order valence-electron chi connectivity index (χ2n) is 5.83. The molecular formula is C15H20N2O. The molecule has 1 aliphatic heterocycles. The average Bonchev–Trinajstić information content (AvgIpc) is 3.15. The fourth-order valence-corrected chi connectivity index (χ4v) is 2.69. The van der Waals surface area contributed by atoms with E-state index >= 15 is 0 Å². The van der Waals surface area contributed by atoms with E-state index in [9.17, 15) is 4.79 Å². The van der Waals surface area contributed by atoms with Crippen molar-refractivity contribution >= 4 is 11.6 Å². The van der Waals surface area contributed by atoms with Gasteiger partial charge < -0.3 is 10.2 Å². The third-order valence-electron chi connectivity index (χ3n) is 3.99. The Morgan fingerprint density at radius 3 is 2.78 bits per heavy atom. The largest absolute Gasteiger partial charge is 0.312 e. The SMILES string of the molecule is CC1(C)C(=O)N(CCNC2CC2)c2ccccc21. The zero-order chi connectivity index (χ0) is 12.8. The minimum atomic E-state index is -0.379. The van der Waals surface area contributed by atoms with Gasteiger partial charge in [-0.05, 0) is 38.3 Å². The number of hydrogen-bond acceptors (Lipinski definition) is 2. The maximum absolute atomic E-state index is 12.5. The minimum absolute atomic E-state index is 0.223. The van der Waals surface area contributed by atoms with Gasteiger partial charge in [0.1, 0.15) is 0 Å². The second-order valence-corrected chi connectivity index (χ2v) is 5.83.